The first-order chi connectivity index (χ1) is 8.27. The fraction of sp³-hybridized carbons (Fsp3) is 0.571. The summed E-state index contributed by atoms with van der Waals surface area (Å²) >= 11 is 0. The number of para-hydroxylation sites is 1. The fourth-order valence-corrected chi connectivity index (χ4v) is 2.14. The van der Waals surface area contributed by atoms with Gasteiger partial charge in [-0.3, -0.25) is 0 Å². The minimum absolute atomic E-state index is 0.438. The summed E-state index contributed by atoms with van der Waals surface area (Å²) in [6.45, 7) is 7.50. The third-order valence-electron chi connectivity index (χ3n) is 3.12. The average molecular weight is 235 g/mol. The van der Waals surface area contributed by atoms with Crippen LogP contribution in [0.5, 0.6) is 5.75 Å². The van der Waals surface area contributed by atoms with Gasteiger partial charge in [0, 0.05) is 12.6 Å². The molecule has 0 spiro atoms. The predicted octanol–water partition coefficient (Wildman–Crippen LogP) is 2.06. The van der Waals surface area contributed by atoms with Crippen LogP contribution in [0, 0.1) is 13.8 Å². The molecule has 0 amide bonds. The molecule has 1 aromatic rings. The van der Waals surface area contributed by atoms with E-state index in [0.717, 1.165) is 38.5 Å². The Balaban J connectivity index is 1.81. The van der Waals surface area contributed by atoms with Crippen LogP contribution >= 0.6 is 0 Å². The zero-order chi connectivity index (χ0) is 12.1. The molecule has 1 N–H and O–H groups in total. The SMILES string of the molecule is Cc1cccc(C)c1OCCC1COCCN1. The summed E-state index contributed by atoms with van der Waals surface area (Å²) in [5.74, 6) is 1.03. The topological polar surface area (TPSA) is 30.5 Å². The first kappa shape index (κ1) is 12.4. The molecule has 17 heavy (non-hydrogen) atoms. The zero-order valence-corrected chi connectivity index (χ0v) is 10.7. The summed E-state index contributed by atoms with van der Waals surface area (Å²) in [4.78, 5) is 0. The highest BCUT2D eigenvalue weighted by molar-refractivity contribution is 5.39. The standard InChI is InChI=1S/C14H21NO2/c1-11-4-3-5-12(2)14(11)17-8-6-13-10-16-9-7-15-13/h3-5,13,15H,6-10H2,1-2H3. The van der Waals surface area contributed by atoms with Crippen molar-refractivity contribution in [2.24, 2.45) is 0 Å². The molecule has 94 valence electrons. The zero-order valence-electron chi connectivity index (χ0n) is 10.7. The second-order valence-electron chi connectivity index (χ2n) is 4.58. The van der Waals surface area contributed by atoms with Crippen LogP contribution in [-0.4, -0.2) is 32.4 Å². The van der Waals surface area contributed by atoms with Crippen LogP contribution in [0.4, 0.5) is 0 Å². The van der Waals surface area contributed by atoms with Gasteiger partial charge < -0.3 is 14.8 Å². The van der Waals surface area contributed by atoms with Gasteiger partial charge in [-0.05, 0) is 31.4 Å². The number of hydrogen-bond donors (Lipinski definition) is 1. The Labute approximate surface area is 103 Å². The van der Waals surface area contributed by atoms with Crippen LogP contribution in [0.25, 0.3) is 0 Å². The Hall–Kier alpha value is -1.06. The van der Waals surface area contributed by atoms with Crippen molar-refractivity contribution < 1.29 is 9.47 Å². The number of benzene rings is 1. The van der Waals surface area contributed by atoms with Crippen LogP contribution in [0.3, 0.4) is 0 Å². The molecule has 0 bridgehead atoms. The molecule has 1 aliphatic heterocycles. The lowest BCUT2D eigenvalue weighted by atomic mass is 10.1. The van der Waals surface area contributed by atoms with Gasteiger partial charge in [-0.25, -0.2) is 0 Å². The van der Waals surface area contributed by atoms with E-state index < -0.39 is 0 Å². The predicted molar refractivity (Wildman–Crippen MR) is 68.6 cm³/mol. The Morgan fingerprint density at radius 3 is 2.76 bits per heavy atom. The molecule has 1 fully saturated rings. The molecule has 1 atom stereocenters. The van der Waals surface area contributed by atoms with Crippen molar-refractivity contribution >= 4 is 0 Å². The number of nitrogens with one attached hydrogen (secondary N) is 1. The van der Waals surface area contributed by atoms with Gasteiger partial charge in [0.25, 0.3) is 0 Å². The lowest BCUT2D eigenvalue weighted by Crippen LogP contribution is -2.42. The van der Waals surface area contributed by atoms with Crippen LogP contribution in [-0.2, 0) is 4.74 Å². The Morgan fingerprint density at radius 2 is 2.12 bits per heavy atom. The highest BCUT2D eigenvalue weighted by atomic mass is 16.5. The molecule has 0 aromatic heterocycles. The lowest BCUT2D eigenvalue weighted by Gasteiger charge is -2.24. The van der Waals surface area contributed by atoms with E-state index in [1.165, 1.54) is 11.1 Å². The largest absolute Gasteiger partial charge is 0.493 e. The van der Waals surface area contributed by atoms with Gasteiger partial charge in [0.1, 0.15) is 5.75 Å². The van der Waals surface area contributed by atoms with Gasteiger partial charge in [0.15, 0.2) is 0 Å². The van der Waals surface area contributed by atoms with Crippen molar-refractivity contribution in [1.29, 1.82) is 0 Å². The van der Waals surface area contributed by atoms with E-state index in [0.29, 0.717) is 6.04 Å². The Kier molecular flexibility index (Phi) is 4.40. The summed E-state index contributed by atoms with van der Waals surface area (Å²) in [5, 5.41) is 3.43. The van der Waals surface area contributed by atoms with Gasteiger partial charge in [-0.1, -0.05) is 18.2 Å². The van der Waals surface area contributed by atoms with Crippen LogP contribution in [0.2, 0.25) is 0 Å². The highest BCUT2D eigenvalue weighted by Gasteiger charge is 2.13. The van der Waals surface area contributed by atoms with Gasteiger partial charge in [-0.2, -0.15) is 0 Å². The molecular formula is C14H21NO2. The molecule has 1 saturated heterocycles. The molecule has 1 heterocycles. The molecule has 3 nitrogen and oxygen atoms in total. The molecule has 3 heteroatoms. The molecule has 2 rings (SSSR count). The monoisotopic (exact) mass is 235 g/mol. The van der Waals surface area contributed by atoms with Gasteiger partial charge in [0.2, 0.25) is 0 Å². The van der Waals surface area contributed by atoms with E-state index in [1.54, 1.807) is 0 Å². The highest BCUT2D eigenvalue weighted by Crippen LogP contribution is 2.22. The van der Waals surface area contributed by atoms with Crippen molar-refractivity contribution in [3.05, 3.63) is 29.3 Å². The van der Waals surface area contributed by atoms with E-state index >= 15 is 0 Å². The van der Waals surface area contributed by atoms with E-state index in [-0.39, 0.29) is 0 Å². The van der Waals surface area contributed by atoms with Crippen molar-refractivity contribution in [3.63, 3.8) is 0 Å². The lowest BCUT2D eigenvalue weighted by molar-refractivity contribution is 0.0690. The van der Waals surface area contributed by atoms with Gasteiger partial charge >= 0.3 is 0 Å². The Bertz CT molecular complexity index is 339. The molecule has 1 unspecified atom stereocenters. The number of hydrogen-bond acceptors (Lipinski definition) is 3. The summed E-state index contributed by atoms with van der Waals surface area (Å²) in [7, 11) is 0. The summed E-state index contributed by atoms with van der Waals surface area (Å²) < 4.78 is 11.3. The third kappa shape index (κ3) is 3.45. The molecule has 0 aliphatic carbocycles. The smallest absolute Gasteiger partial charge is 0.125 e. The van der Waals surface area contributed by atoms with Crippen molar-refractivity contribution in [3.8, 4) is 5.75 Å². The van der Waals surface area contributed by atoms with E-state index in [2.05, 4.69) is 37.4 Å². The minimum atomic E-state index is 0.438. The summed E-state index contributed by atoms with van der Waals surface area (Å²) in [6, 6.07) is 6.68. The van der Waals surface area contributed by atoms with E-state index in [9.17, 15) is 0 Å². The number of rotatable bonds is 4. The first-order valence-corrected chi connectivity index (χ1v) is 6.27. The van der Waals surface area contributed by atoms with Crippen LogP contribution < -0.4 is 10.1 Å². The molecular weight excluding hydrogens is 214 g/mol. The molecule has 0 saturated carbocycles. The van der Waals surface area contributed by atoms with Crippen molar-refractivity contribution in [2.45, 2.75) is 26.3 Å². The number of morpholine rings is 1. The third-order valence-corrected chi connectivity index (χ3v) is 3.12. The van der Waals surface area contributed by atoms with Crippen molar-refractivity contribution in [2.75, 3.05) is 26.4 Å². The van der Waals surface area contributed by atoms with E-state index in [1.807, 2.05) is 0 Å². The summed E-state index contributed by atoms with van der Waals surface area (Å²) in [6.07, 6.45) is 0.994. The average Bonchev–Trinajstić information content (AvgIpc) is 2.34. The molecule has 1 aromatic carbocycles. The van der Waals surface area contributed by atoms with Crippen LogP contribution in [0.1, 0.15) is 17.5 Å². The number of ether oxygens (including phenoxy) is 2. The first-order valence-electron chi connectivity index (χ1n) is 6.27. The maximum absolute atomic E-state index is 5.87. The maximum Gasteiger partial charge on any atom is 0.125 e. The minimum Gasteiger partial charge on any atom is -0.493 e. The van der Waals surface area contributed by atoms with E-state index in [4.69, 9.17) is 9.47 Å². The van der Waals surface area contributed by atoms with Crippen molar-refractivity contribution in [1.82, 2.24) is 5.32 Å². The second kappa shape index (κ2) is 6.03. The normalized spacial score (nSPS) is 20.2. The second-order valence-corrected chi connectivity index (χ2v) is 4.58. The van der Waals surface area contributed by atoms with Gasteiger partial charge in [0.05, 0.1) is 19.8 Å². The Morgan fingerprint density at radius 1 is 1.35 bits per heavy atom. The molecule has 0 radical (unpaired) electrons. The maximum atomic E-state index is 5.87. The summed E-state index contributed by atoms with van der Waals surface area (Å²) in [5.41, 5.74) is 2.41. The van der Waals surface area contributed by atoms with Crippen LogP contribution in [0.15, 0.2) is 18.2 Å². The molecule has 1 aliphatic rings. The number of aryl methyl sites for hydroxylation is 2. The van der Waals surface area contributed by atoms with Gasteiger partial charge in [-0.15, -0.1) is 0 Å². The quantitative estimate of drug-likeness (QED) is 0.866. The fourth-order valence-electron chi connectivity index (χ4n) is 2.14.